The Bertz CT molecular complexity index is 542. The Morgan fingerprint density at radius 2 is 2.11 bits per heavy atom. The summed E-state index contributed by atoms with van der Waals surface area (Å²) in [4.78, 5) is 10.6. The molecular weight excluding hydrogens is 278 g/mol. The SMILES string of the molecule is COc1ccc(CCNC(C)=O)cc1S(=O)(=O)Cl. The predicted octanol–water partition coefficient (Wildman–Crippen LogP) is 1.30. The van der Waals surface area contributed by atoms with Crippen LogP contribution in [0.5, 0.6) is 5.75 Å². The number of hydrogen-bond acceptors (Lipinski definition) is 4. The highest BCUT2D eigenvalue weighted by atomic mass is 35.7. The van der Waals surface area contributed by atoms with Gasteiger partial charge in [0.1, 0.15) is 10.6 Å². The van der Waals surface area contributed by atoms with Crippen LogP contribution >= 0.6 is 10.7 Å². The molecule has 0 aliphatic rings. The molecule has 0 spiro atoms. The van der Waals surface area contributed by atoms with Crippen molar-refractivity contribution >= 4 is 25.6 Å². The summed E-state index contributed by atoms with van der Waals surface area (Å²) in [6.07, 6.45) is 0.517. The lowest BCUT2D eigenvalue weighted by atomic mass is 10.1. The molecule has 0 unspecified atom stereocenters. The average Bonchev–Trinajstić information content (AvgIpc) is 2.27. The number of hydrogen-bond donors (Lipinski definition) is 1. The van der Waals surface area contributed by atoms with E-state index in [1.54, 1.807) is 12.1 Å². The van der Waals surface area contributed by atoms with Crippen molar-refractivity contribution in [3.63, 3.8) is 0 Å². The summed E-state index contributed by atoms with van der Waals surface area (Å²) in [5.41, 5.74) is 0.753. The van der Waals surface area contributed by atoms with Gasteiger partial charge < -0.3 is 10.1 Å². The Morgan fingerprint density at radius 3 is 2.61 bits per heavy atom. The number of carbonyl (C=O) groups excluding carboxylic acids is 1. The van der Waals surface area contributed by atoms with Gasteiger partial charge in [0.2, 0.25) is 5.91 Å². The molecule has 0 radical (unpaired) electrons. The zero-order valence-electron chi connectivity index (χ0n) is 10.1. The van der Waals surface area contributed by atoms with E-state index >= 15 is 0 Å². The Hall–Kier alpha value is -1.27. The van der Waals surface area contributed by atoms with Gasteiger partial charge in [0.05, 0.1) is 7.11 Å². The molecule has 0 fully saturated rings. The van der Waals surface area contributed by atoms with E-state index in [-0.39, 0.29) is 16.6 Å². The molecule has 0 aliphatic heterocycles. The van der Waals surface area contributed by atoms with Crippen LogP contribution in [0.4, 0.5) is 0 Å². The smallest absolute Gasteiger partial charge is 0.264 e. The summed E-state index contributed by atoms with van der Waals surface area (Å²) >= 11 is 0. The quantitative estimate of drug-likeness (QED) is 0.830. The first-order chi connectivity index (χ1) is 8.34. The number of rotatable bonds is 5. The lowest BCUT2D eigenvalue weighted by Gasteiger charge is -2.08. The molecule has 0 bridgehead atoms. The zero-order valence-corrected chi connectivity index (χ0v) is 11.6. The Balaban J connectivity index is 2.93. The summed E-state index contributed by atoms with van der Waals surface area (Å²) in [6, 6.07) is 4.72. The molecule has 1 amide bonds. The molecule has 18 heavy (non-hydrogen) atoms. The second-order valence-corrected chi connectivity index (χ2v) is 6.19. The fraction of sp³-hybridized carbons (Fsp3) is 0.364. The van der Waals surface area contributed by atoms with Crippen molar-refractivity contribution in [2.45, 2.75) is 18.2 Å². The van der Waals surface area contributed by atoms with Crippen LogP contribution < -0.4 is 10.1 Å². The third-order valence-corrected chi connectivity index (χ3v) is 3.62. The van der Waals surface area contributed by atoms with Gasteiger partial charge in [-0.3, -0.25) is 4.79 Å². The molecule has 1 N–H and O–H groups in total. The van der Waals surface area contributed by atoms with Crippen LogP contribution in [-0.4, -0.2) is 28.0 Å². The number of halogens is 1. The first-order valence-electron chi connectivity index (χ1n) is 5.20. The second kappa shape index (κ2) is 6.06. The minimum atomic E-state index is -3.85. The second-order valence-electron chi connectivity index (χ2n) is 3.66. The number of carbonyl (C=O) groups is 1. The Morgan fingerprint density at radius 1 is 1.44 bits per heavy atom. The Labute approximate surface area is 111 Å². The number of amides is 1. The molecule has 0 aromatic heterocycles. The van der Waals surface area contributed by atoms with E-state index in [1.807, 2.05) is 0 Å². The third kappa shape index (κ3) is 4.19. The summed E-state index contributed by atoms with van der Waals surface area (Å²) in [5, 5.41) is 2.63. The standard InChI is InChI=1S/C11H14ClNO4S/c1-8(14)13-6-5-9-3-4-10(17-2)11(7-9)18(12,15)16/h3-4,7H,5-6H2,1-2H3,(H,13,14). The summed E-state index contributed by atoms with van der Waals surface area (Å²) < 4.78 is 27.7. The molecule has 5 nitrogen and oxygen atoms in total. The lowest BCUT2D eigenvalue weighted by Crippen LogP contribution is -2.22. The molecule has 0 aliphatic carbocycles. The van der Waals surface area contributed by atoms with Gasteiger partial charge >= 0.3 is 0 Å². The van der Waals surface area contributed by atoms with Gasteiger partial charge in [-0.25, -0.2) is 8.42 Å². The first-order valence-corrected chi connectivity index (χ1v) is 7.51. The van der Waals surface area contributed by atoms with Gasteiger partial charge in [-0.05, 0) is 24.1 Å². The predicted molar refractivity (Wildman–Crippen MR) is 68.4 cm³/mol. The highest BCUT2D eigenvalue weighted by Crippen LogP contribution is 2.27. The highest BCUT2D eigenvalue weighted by molar-refractivity contribution is 8.13. The molecule has 1 rings (SSSR count). The number of benzene rings is 1. The van der Waals surface area contributed by atoms with E-state index in [0.717, 1.165) is 5.56 Å². The topological polar surface area (TPSA) is 72.5 Å². The molecule has 0 heterocycles. The van der Waals surface area contributed by atoms with E-state index in [4.69, 9.17) is 15.4 Å². The van der Waals surface area contributed by atoms with Crippen molar-refractivity contribution < 1.29 is 17.9 Å². The highest BCUT2D eigenvalue weighted by Gasteiger charge is 2.17. The fourth-order valence-electron chi connectivity index (χ4n) is 1.45. The van der Waals surface area contributed by atoms with E-state index in [2.05, 4.69) is 5.32 Å². The van der Waals surface area contributed by atoms with Crippen LogP contribution in [0.1, 0.15) is 12.5 Å². The monoisotopic (exact) mass is 291 g/mol. The van der Waals surface area contributed by atoms with Crippen LogP contribution in [0.25, 0.3) is 0 Å². The van der Waals surface area contributed by atoms with Gasteiger partial charge in [-0.1, -0.05) is 6.07 Å². The van der Waals surface area contributed by atoms with Crippen LogP contribution in [0, 0.1) is 0 Å². The fourth-order valence-corrected chi connectivity index (χ4v) is 2.50. The van der Waals surface area contributed by atoms with Crippen molar-refractivity contribution in [1.82, 2.24) is 5.32 Å². The summed E-state index contributed by atoms with van der Waals surface area (Å²) in [6.45, 7) is 1.85. The molecular formula is C11H14ClNO4S. The number of nitrogens with one attached hydrogen (secondary N) is 1. The molecule has 0 atom stereocenters. The van der Waals surface area contributed by atoms with Crippen LogP contribution in [0.15, 0.2) is 23.1 Å². The van der Waals surface area contributed by atoms with E-state index in [0.29, 0.717) is 13.0 Å². The van der Waals surface area contributed by atoms with E-state index in [1.165, 1.54) is 20.1 Å². The molecule has 1 aromatic rings. The molecule has 0 saturated heterocycles. The van der Waals surface area contributed by atoms with Crippen LogP contribution in [-0.2, 0) is 20.3 Å². The van der Waals surface area contributed by atoms with Crippen molar-refractivity contribution in [1.29, 1.82) is 0 Å². The zero-order chi connectivity index (χ0) is 13.8. The van der Waals surface area contributed by atoms with Crippen LogP contribution in [0.2, 0.25) is 0 Å². The summed E-state index contributed by atoms with van der Waals surface area (Å²) in [7, 11) is 2.84. The molecule has 1 aromatic carbocycles. The normalized spacial score (nSPS) is 11.1. The number of methoxy groups -OCH3 is 1. The molecule has 0 saturated carbocycles. The van der Waals surface area contributed by atoms with Gasteiger partial charge in [0, 0.05) is 24.2 Å². The van der Waals surface area contributed by atoms with Crippen molar-refractivity contribution in [2.75, 3.05) is 13.7 Å². The van der Waals surface area contributed by atoms with Gasteiger partial charge in [0.25, 0.3) is 9.05 Å². The van der Waals surface area contributed by atoms with Gasteiger partial charge in [0.15, 0.2) is 0 Å². The minimum Gasteiger partial charge on any atom is -0.495 e. The van der Waals surface area contributed by atoms with E-state index in [9.17, 15) is 13.2 Å². The lowest BCUT2D eigenvalue weighted by molar-refractivity contribution is -0.118. The summed E-state index contributed by atoms with van der Waals surface area (Å²) in [5.74, 6) is 0.0713. The first kappa shape index (κ1) is 14.8. The average molecular weight is 292 g/mol. The van der Waals surface area contributed by atoms with Crippen molar-refractivity contribution in [3.8, 4) is 5.75 Å². The van der Waals surface area contributed by atoms with Crippen molar-refractivity contribution in [3.05, 3.63) is 23.8 Å². The van der Waals surface area contributed by atoms with Gasteiger partial charge in [-0.15, -0.1) is 0 Å². The largest absolute Gasteiger partial charge is 0.495 e. The molecule has 100 valence electrons. The van der Waals surface area contributed by atoms with Gasteiger partial charge in [-0.2, -0.15) is 0 Å². The van der Waals surface area contributed by atoms with Crippen molar-refractivity contribution in [2.24, 2.45) is 0 Å². The third-order valence-electron chi connectivity index (χ3n) is 2.28. The number of ether oxygens (including phenoxy) is 1. The van der Waals surface area contributed by atoms with Crippen LogP contribution in [0.3, 0.4) is 0 Å². The maximum Gasteiger partial charge on any atom is 0.264 e. The maximum absolute atomic E-state index is 11.4. The van der Waals surface area contributed by atoms with E-state index < -0.39 is 9.05 Å². The minimum absolute atomic E-state index is 0.0630. The molecule has 7 heteroatoms. The Kier molecular flexibility index (Phi) is 4.98. The maximum atomic E-state index is 11.4.